The van der Waals surface area contributed by atoms with E-state index in [-0.39, 0.29) is 18.0 Å². The van der Waals surface area contributed by atoms with E-state index < -0.39 is 28.8 Å². The number of nitro benzene ring substituents is 1. The predicted molar refractivity (Wildman–Crippen MR) is 96.4 cm³/mol. The third kappa shape index (κ3) is 4.22. The Labute approximate surface area is 155 Å². The number of amides is 1. The molecule has 1 N–H and O–H groups in total. The smallest absolute Gasteiger partial charge is 0.313 e. The third-order valence-electron chi connectivity index (χ3n) is 4.23. The molecule has 27 heavy (non-hydrogen) atoms. The zero-order valence-corrected chi connectivity index (χ0v) is 14.6. The molecule has 140 valence electrons. The predicted octanol–water partition coefficient (Wildman–Crippen LogP) is 2.72. The van der Waals surface area contributed by atoms with Crippen LogP contribution in [0.25, 0.3) is 0 Å². The molecule has 2 aromatic carbocycles. The lowest BCUT2D eigenvalue weighted by Gasteiger charge is -2.25. The second kappa shape index (κ2) is 7.86. The number of para-hydroxylation sites is 3. The van der Waals surface area contributed by atoms with Crippen molar-refractivity contribution in [2.45, 2.75) is 19.4 Å². The van der Waals surface area contributed by atoms with Gasteiger partial charge in [0, 0.05) is 6.07 Å². The fraction of sp³-hybridized carbons (Fsp3) is 0.263. The van der Waals surface area contributed by atoms with Crippen molar-refractivity contribution < 1.29 is 24.0 Å². The van der Waals surface area contributed by atoms with Crippen LogP contribution >= 0.6 is 0 Å². The molecule has 0 saturated carbocycles. The molecule has 0 aromatic heterocycles. The zero-order valence-electron chi connectivity index (χ0n) is 14.6. The molecule has 2 aromatic rings. The fourth-order valence-corrected chi connectivity index (χ4v) is 2.78. The molecule has 8 heteroatoms. The van der Waals surface area contributed by atoms with Gasteiger partial charge < -0.3 is 14.8 Å². The number of anilines is 1. The van der Waals surface area contributed by atoms with E-state index in [9.17, 15) is 19.7 Å². The van der Waals surface area contributed by atoms with E-state index in [0.717, 1.165) is 11.3 Å². The van der Waals surface area contributed by atoms with Gasteiger partial charge in [0.15, 0.2) is 6.10 Å². The maximum Gasteiger partial charge on any atom is 0.313 e. The number of benzene rings is 2. The summed E-state index contributed by atoms with van der Waals surface area (Å²) in [4.78, 5) is 35.0. The molecule has 0 radical (unpaired) electrons. The number of nitrogens with zero attached hydrogens (tertiary/aromatic N) is 1. The summed E-state index contributed by atoms with van der Waals surface area (Å²) in [6.45, 7) is 1.59. The number of fused-ring (bicyclic) bond motifs is 1. The third-order valence-corrected chi connectivity index (χ3v) is 4.23. The van der Waals surface area contributed by atoms with Crippen LogP contribution in [-0.2, 0) is 20.7 Å². The Bertz CT molecular complexity index is 882. The summed E-state index contributed by atoms with van der Waals surface area (Å²) in [6.07, 6.45) is -0.637. The van der Waals surface area contributed by atoms with Gasteiger partial charge in [-0.1, -0.05) is 30.3 Å². The fourth-order valence-electron chi connectivity index (χ4n) is 2.78. The Kier molecular flexibility index (Phi) is 5.35. The molecule has 1 aliphatic rings. The van der Waals surface area contributed by atoms with Crippen molar-refractivity contribution in [3.8, 4) is 5.75 Å². The van der Waals surface area contributed by atoms with E-state index in [0.29, 0.717) is 6.42 Å². The molecule has 8 nitrogen and oxygen atoms in total. The van der Waals surface area contributed by atoms with Gasteiger partial charge in [-0.3, -0.25) is 19.7 Å². The van der Waals surface area contributed by atoms with Gasteiger partial charge in [-0.25, -0.2) is 0 Å². The molecule has 0 unspecified atom stereocenters. The number of nitrogens with one attached hydrogen (secondary N) is 1. The SMILES string of the molecule is C[C@H](OC(=O)[C@H]1COc2ccccc2C1)C(=O)Nc1ccccc1[N+](=O)[O-]. The Morgan fingerprint density at radius 3 is 2.70 bits per heavy atom. The molecule has 0 bridgehead atoms. The second-order valence-electron chi connectivity index (χ2n) is 6.16. The highest BCUT2D eigenvalue weighted by Crippen LogP contribution is 2.28. The molecule has 1 amide bonds. The summed E-state index contributed by atoms with van der Waals surface area (Å²) < 4.78 is 10.8. The van der Waals surface area contributed by atoms with Crippen LogP contribution in [-0.4, -0.2) is 29.5 Å². The lowest BCUT2D eigenvalue weighted by molar-refractivity contribution is -0.383. The quantitative estimate of drug-likeness (QED) is 0.492. The summed E-state index contributed by atoms with van der Waals surface area (Å²) in [7, 11) is 0. The topological polar surface area (TPSA) is 108 Å². The van der Waals surface area contributed by atoms with Gasteiger partial charge in [0.25, 0.3) is 11.6 Å². The summed E-state index contributed by atoms with van der Waals surface area (Å²) in [6, 6.07) is 13.2. The average Bonchev–Trinajstić information content (AvgIpc) is 2.67. The van der Waals surface area contributed by atoms with E-state index in [1.807, 2.05) is 24.3 Å². The minimum absolute atomic E-state index is 0.0466. The van der Waals surface area contributed by atoms with Gasteiger partial charge in [-0.15, -0.1) is 0 Å². The zero-order chi connectivity index (χ0) is 19.4. The highest BCUT2D eigenvalue weighted by Gasteiger charge is 2.30. The van der Waals surface area contributed by atoms with Gasteiger partial charge in [0.05, 0.1) is 10.8 Å². The number of carbonyl (C=O) groups excluding carboxylic acids is 2. The van der Waals surface area contributed by atoms with E-state index in [1.165, 1.54) is 25.1 Å². The van der Waals surface area contributed by atoms with Crippen LogP contribution in [0.3, 0.4) is 0 Å². The number of rotatable bonds is 5. The van der Waals surface area contributed by atoms with Crippen molar-refractivity contribution in [3.05, 3.63) is 64.2 Å². The highest BCUT2D eigenvalue weighted by atomic mass is 16.6. The van der Waals surface area contributed by atoms with Crippen molar-refractivity contribution in [1.29, 1.82) is 0 Å². The number of hydrogen-bond donors (Lipinski definition) is 1. The van der Waals surface area contributed by atoms with Gasteiger partial charge in [0.1, 0.15) is 18.0 Å². The van der Waals surface area contributed by atoms with Crippen LogP contribution in [0.1, 0.15) is 12.5 Å². The summed E-state index contributed by atoms with van der Waals surface area (Å²) in [5, 5.41) is 13.4. The molecule has 3 rings (SSSR count). The average molecular weight is 370 g/mol. The van der Waals surface area contributed by atoms with Crippen molar-refractivity contribution in [1.82, 2.24) is 0 Å². The largest absolute Gasteiger partial charge is 0.492 e. The van der Waals surface area contributed by atoms with Gasteiger partial charge >= 0.3 is 5.97 Å². The number of nitro groups is 1. The molecular weight excluding hydrogens is 352 g/mol. The summed E-state index contributed by atoms with van der Waals surface area (Å²) in [5.41, 5.74) is 0.717. The molecule has 1 aliphatic heterocycles. The van der Waals surface area contributed by atoms with Crippen LogP contribution in [0, 0.1) is 16.0 Å². The van der Waals surface area contributed by atoms with Crippen molar-refractivity contribution in [3.63, 3.8) is 0 Å². The lowest BCUT2D eigenvalue weighted by atomic mass is 9.97. The first-order valence-corrected chi connectivity index (χ1v) is 8.41. The van der Waals surface area contributed by atoms with E-state index in [1.54, 1.807) is 6.07 Å². The molecule has 2 atom stereocenters. The molecule has 0 aliphatic carbocycles. The maximum absolute atomic E-state index is 12.4. The Morgan fingerprint density at radius 1 is 1.22 bits per heavy atom. The first kappa shape index (κ1) is 18.4. The Balaban J connectivity index is 1.60. The first-order valence-electron chi connectivity index (χ1n) is 8.41. The maximum atomic E-state index is 12.4. The monoisotopic (exact) mass is 370 g/mol. The van der Waals surface area contributed by atoms with Crippen molar-refractivity contribution >= 4 is 23.3 Å². The second-order valence-corrected chi connectivity index (χ2v) is 6.16. The minimum atomic E-state index is -1.10. The van der Waals surface area contributed by atoms with Crippen LogP contribution in [0.4, 0.5) is 11.4 Å². The number of esters is 1. The Morgan fingerprint density at radius 2 is 1.93 bits per heavy atom. The standard InChI is InChI=1S/C19H18N2O6/c1-12(18(22)20-15-7-3-4-8-16(15)21(24)25)27-19(23)14-10-13-6-2-5-9-17(13)26-11-14/h2-9,12,14H,10-11H2,1H3,(H,20,22)/t12-,14+/m0/s1. The summed E-state index contributed by atoms with van der Waals surface area (Å²) in [5.74, 6) is -0.963. The number of ether oxygens (including phenoxy) is 2. The highest BCUT2D eigenvalue weighted by molar-refractivity contribution is 5.97. The van der Waals surface area contributed by atoms with Crippen molar-refractivity contribution in [2.75, 3.05) is 11.9 Å². The van der Waals surface area contributed by atoms with Crippen molar-refractivity contribution in [2.24, 2.45) is 5.92 Å². The lowest BCUT2D eigenvalue weighted by Crippen LogP contribution is -2.36. The molecule has 0 spiro atoms. The van der Waals surface area contributed by atoms with Crippen LogP contribution in [0.5, 0.6) is 5.75 Å². The van der Waals surface area contributed by atoms with Gasteiger partial charge in [-0.05, 0) is 31.0 Å². The number of hydrogen-bond acceptors (Lipinski definition) is 6. The van der Waals surface area contributed by atoms with E-state index in [4.69, 9.17) is 9.47 Å². The van der Waals surface area contributed by atoms with Crippen LogP contribution in [0.15, 0.2) is 48.5 Å². The normalized spacial score (nSPS) is 16.4. The van der Waals surface area contributed by atoms with Gasteiger partial charge in [-0.2, -0.15) is 0 Å². The van der Waals surface area contributed by atoms with Crippen LogP contribution in [0.2, 0.25) is 0 Å². The molecule has 0 fully saturated rings. The van der Waals surface area contributed by atoms with E-state index >= 15 is 0 Å². The minimum Gasteiger partial charge on any atom is -0.492 e. The van der Waals surface area contributed by atoms with Crippen LogP contribution < -0.4 is 10.1 Å². The Hall–Kier alpha value is -3.42. The molecule has 1 heterocycles. The van der Waals surface area contributed by atoms with Gasteiger partial charge in [0.2, 0.25) is 0 Å². The first-order chi connectivity index (χ1) is 13.0. The molecular formula is C19H18N2O6. The number of carbonyl (C=O) groups is 2. The van der Waals surface area contributed by atoms with E-state index in [2.05, 4.69) is 5.32 Å². The summed E-state index contributed by atoms with van der Waals surface area (Å²) >= 11 is 0. The molecule has 0 saturated heterocycles.